The Balaban J connectivity index is 1.63. The summed E-state index contributed by atoms with van der Waals surface area (Å²) in [5.41, 5.74) is 4.29. The number of rotatable bonds is 6. The van der Waals surface area contributed by atoms with Crippen LogP contribution < -0.4 is 5.32 Å². The van der Waals surface area contributed by atoms with E-state index in [1.165, 1.54) is 5.56 Å². The Labute approximate surface area is 161 Å². The van der Waals surface area contributed by atoms with Crippen LogP contribution in [0.15, 0.2) is 48.5 Å². The summed E-state index contributed by atoms with van der Waals surface area (Å²) in [4.78, 5) is 27.0. The van der Waals surface area contributed by atoms with E-state index in [1.807, 2.05) is 42.2 Å². The lowest BCUT2D eigenvalue weighted by atomic mass is 9.97. The van der Waals surface area contributed by atoms with Crippen LogP contribution in [-0.4, -0.2) is 29.8 Å². The molecule has 4 heteroatoms. The highest BCUT2D eigenvalue weighted by atomic mass is 16.2. The van der Waals surface area contributed by atoms with Gasteiger partial charge in [0, 0.05) is 25.2 Å². The number of carbonyl (C=O) groups is 2. The maximum atomic E-state index is 12.8. The van der Waals surface area contributed by atoms with Gasteiger partial charge in [-0.15, -0.1) is 0 Å². The van der Waals surface area contributed by atoms with E-state index in [-0.39, 0.29) is 17.7 Å². The first-order chi connectivity index (χ1) is 13.0. The van der Waals surface area contributed by atoms with Crippen LogP contribution in [-0.2, 0) is 16.0 Å². The number of hydrogen-bond donors (Lipinski definition) is 1. The summed E-state index contributed by atoms with van der Waals surface area (Å²) >= 11 is 0. The van der Waals surface area contributed by atoms with Crippen LogP contribution in [0.4, 0.5) is 5.69 Å². The molecule has 0 radical (unpaired) electrons. The normalized spacial score (nSPS) is 16.8. The third kappa shape index (κ3) is 4.57. The largest absolute Gasteiger partial charge is 0.342 e. The molecule has 4 nitrogen and oxygen atoms in total. The number of hydrogen-bond acceptors (Lipinski definition) is 2. The summed E-state index contributed by atoms with van der Waals surface area (Å²) in [6, 6.07) is 16.2. The maximum absolute atomic E-state index is 12.8. The SMILES string of the molecule is Cc1cccc(C(C)C)c1NC(=O)[C@H]1CC(=O)N(CCc2ccccc2)C1. The number of anilines is 1. The third-order valence-corrected chi connectivity index (χ3v) is 5.27. The molecule has 0 saturated carbocycles. The number of carbonyl (C=O) groups excluding carboxylic acids is 2. The van der Waals surface area contributed by atoms with Crippen molar-refractivity contribution in [1.29, 1.82) is 0 Å². The Hall–Kier alpha value is -2.62. The maximum Gasteiger partial charge on any atom is 0.229 e. The second kappa shape index (κ2) is 8.38. The molecule has 1 atom stereocenters. The molecular formula is C23H28N2O2. The first-order valence-corrected chi connectivity index (χ1v) is 9.67. The van der Waals surface area contributed by atoms with Gasteiger partial charge in [-0.3, -0.25) is 9.59 Å². The molecule has 0 bridgehead atoms. The second-order valence-corrected chi connectivity index (χ2v) is 7.66. The number of benzene rings is 2. The van der Waals surface area contributed by atoms with Gasteiger partial charge in [0.1, 0.15) is 0 Å². The first kappa shape index (κ1) is 19.2. The van der Waals surface area contributed by atoms with Gasteiger partial charge < -0.3 is 10.2 Å². The standard InChI is InChI=1S/C23H28N2O2/c1-16(2)20-11-7-8-17(3)22(20)24-23(27)19-14-21(26)25(15-19)13-12-18-9-5-4-6-10-18/h4-11,16,19H,12-15H2,1-3H3,(H,24,27)/t19-/m0/s1. The number of para-hydroxylation sites is 1. The lowest BCUT2D eigenvalue weighted by Crippen LogP contribution is -2.30. The molecule has 1 heterocycles. The predicted molar refractivity (Wildman–Crippen MR) is 109 cm³/mol. The van der Waals surface area contributed by atoms with Crippen molar-refractivity contribution in [3.63, 3.8) is 0 Å². The number of nitrogens with zero attached hydrogens (tertiary/aromatic N) is 1. The van der Waals surface area contributed by atoms with E-state index in [0.29, 0.717) is 25.4 Å². The van der Waals surface area contributed by atoms with Crippen molar-refractivity contribution >= 4 is 17.5 Å². The summed E-state index contributed by atoms with van der Waals surface area (Å²) in [6.07, 6.45) is 1.11. The smallest absolute Gasteiger partial charge is 0.229 e. The second-order valence-electron chi connectivity index (χ2n) is 7.66. The van der Waals surface area contributed by atoms with E-state index >= 15 is 0 Å². The minimum absolute atomic E-state index is 0.0539. The van der Waals surface area contributed by atoms with Crippen molar-refractivity contribution in [2.24, 2.45) is 5.92 Å². The minimum Gasteiger partial charge on any atom is -0.342 e. The zero-order valence-corrected chi connectivity index (χ0v) is 16.4. The van der Waals surface area contributed by atoms with Crippen molar-refractivity contribution < 1.29 is 9.59 Å². The van der Waals surface area contributed by atoms with Gasteiger partial charge in [0.15, 0.2) is 0 Å². The van der Waals surface area contributed by atoms with Crippen molar-refractivity contribution in [2.75, 3.05) is 18.4 Å². The molecule has 142 valence electrons. The Morgan fingerprint density at radius 3 is 2.59 bits per heavy atom. The molecule has 2 amide bonds. The van der Waals surface area contributed by atoms with E-state index in [9.17, 15) is 9.59 Å². The lowest BCUT2D eigenvalue weighted by Gasteiger charge is -2.19. The highest BCUT2D eigenvalue weighted by Gasteiger charge is 2.34. The Kier molecular flexibility index (Phi) is 5.94. The monoisotopic (exact) mass is 364 g/mol. The molecule has 0 aliphatic carbocycles. The topological polar surface area (TPSA) is 49.4 Å². The van der Waals surface area contributed by atoms with Gasteiger partial charge in [0.05, 0.1) is 5.92 Å². The van der Waals surface area contributed by atoms with Crippen LogP contribution in [0.5, 0.6) is 0 Å². The summed E-state index contributed by atoms with van der Waals surface area (Å²) in [5, 5.41) is 3.10. The van der Waals surface area contributed by atoms with Gasteiger partial charge in [-0.2, -0.15) is 0 Å². The van der Waals surface area contributed by atoms with Crippen molar-refractivity contribution in [1.82, 2.24) is 4.90 Å². The predicted octanol–water partition coefficient (Wildman–Crippen LogP) is 4.15. The van der Waals surface area contributed by atoms with Gasteiger partial charge in [0.25, 0.3) is 0 Å². The van der Waals surface area contributed by atoms with Crippen LogP contribution in [0.3, 0.4) is 0 Å². The van der Waals surface area contributed by atoms with E-state index in [2.05, 4.69) is 37.4 Å². The fourth-order valence-corrected chi connectivity index (χ4v) is 3.64. The third-order valence-electron chi connectivity index (χ3n) is 5.27. The van der Waals surface area contributed by atoms with Crippen molar-refractivity contribution in [3.05, 3.63) is 65.2 Å². The quantitative estimate of drug-likeness (QED) is 0.837. The highest BCUT2D eigenvalue weighted by Crippen LogP contribution is 2.29. The van der Waals surface area contributed by atoms with Gasteiger partial charge in [-0.1, -0.05) is 62.4 Å². The average molecular weight is 364 g/mol. The van der Waals surface area contributed by atoms with Gasteiger partial charge >= 0.3 is 0 Å². The summed E-state index contributed by atoms with van der Waals surface area (Å²) < 4.78 is 0. The van der Waals surface area contributed by atoms with E-state index in [4.69, 9.17) is 0 Å². The molecule has 0 unspecified atom stereocenters. The number of amides is 2. The number of nitrogens with one attached hydrogen (secondary N) is 1. The number of likely N-dealkylation sites (tertiary alicyclic amines) is 1. The molecule has 2 aromatic carbocycles. The summed E-state index contributed by atoms with van der Waals surface area (Å²) in [7, 11) is 0. The molecule has 27 heavy (non-hydrogen) atoms. The zero-order valence-electron chi connectivity index (χ0n) is 16.4. The van der Waals surface area contributed by atoms with Gasteiger partial charge in [0.2, 0.25) is 11.8 Å². The Morgan fingerprint density at radius 2 is 1.89 bits per heavy atom. The fraction of sp³-hybridized carbons (Fsp3) is 0.391. The van der Waals surface area contributed by atoms with Gasteiger partial charge in [-0.25, -0.2) is 0 Å². The van der Waals surface area contributed by atoms with E-state index in [1.54, 1.807) is 0 Å². The molecule has 1 aliphatic heterocycles. The van der Waals surface area contributed by atoms with Crippen LogP contribution in [0.1, 0.15) is 42.9 Å². The molecule has 1 aliphatic rings. The van der Waals surface area contributed by atoms with Gasteiger partial charge in [-0.05, 0) is 36.0 Å². The molecule has 2 aromatic rings. The molecular weight excluding hydrogens is 336 g/mol. The van der Waals surface area contributed by atoms with E-state index in [0.717, 1.165) is 23.2 Å². The highest BCUT2D eigenvalue weighted by molar-refractivity contribution is 5.98. The lowest BCUT2D eigenvalue weighted by molar-refractivity contribution is -0.128. The van der Waals surface area contributed by atoms with E-state index < -0.39 is 0 Å². The molecule has 1 N–H and O–H groups in total. The molecule has 1 saturated heterocycles. The van der Waals surface area contributed by atoms with Crippen molar-refractivity contribution in [3.8, 4) is 0 Å². The fourth-order valence-electron chi connectivity index (χ4n) is 3.64. The summed E-state index contributed by atoms with van der Waals surface area (Å²) in [5.74, 6) is 0.0578. The van der Waals surface area contributed by atoms with Crippen LogP contribution in [0, 0.1) is 12.8 Å². The molecule has 0 spiro atoms. The zero-order chi connectivity index (χ0) is 19.4. The minimum atomic E-state index is -0.284. The molecule has 3 rings (SSSR count). The Bertz CT molecular complexity index is 814. The van der Waals surface area contributed by atoms with Crippen LogP contribution >= 0.6 is 0 Å². The molecule has 1 fully saturated rings. The summed E-state index contributed by atoms with van der Waals surface area (Å²) in [6.45, 7) is 7.41. The Morgan fingerprint density at radius 1 is 1.15 bits per heavy atom. The number of aryl methyl sites for hydroxylation is 1. The van der Waals surface area contributed by atoms with Crippen LogP contribution in [0.25, 0.3) is 0 Å². The van der Waals surface area contributed by atoms with Crippen LogP contribution in [0.2, 0.25) is 0 Å². The average Bonchev–Trinajstić information content (AvgIpc) is 3.03. The van der Waals surface area contributed by atoms with Crippen molar-refractivity contribution in [2.45, 2.75) is 39.5 Å². The first-order valence-electron chi connectivity index (χ1n) is 9.67. The molecule has 0 aromatic heterocycles.